The second kappa shape index (κ2) is 6.87. The van der Waals surface area contributed by atoms with Crippen LogP contribution in [0.1, 0.15) is 28.9 Å². The summed E-state index contributed by atoms with van der Waals surface area (Å²) in [6.45, 7) is 1.47. The second-order valence-electron chi connectivity index (χ2n) is 7.25. The summed E-state index contributed by atoms with van der Waals surface area (Å²) in [4.78, 5) is 11.9. The third kappa shape index (κ3) is 3.20. The van der Waals surface area contributed by atoms with Crippen molar-refractivity contribution in [2.45, 2.75) is 25.9 Å². The molecule has 0 unspecified atom stereocenters. The van der Waals surface area contributed by atoms with E-state index in [2.05, 4.69) is 36.9 Å². The molecule has 28 heavy (non-hydrogen) atoms. The van der Waals surface area contributed by atoms with Gasteiger partial charge in [-0.15, -0.1) is 0 Å². The number of aromatic amines is 1. The number of carbonyl (C=O) groups is 1. The number of amides is 1. The van der Waals surface area contributed by atoms with E-state index in [-0.39, 0.29) is 11.6 Å². The molecule has 1 aliphatic carbocycles. The van der Waals surface area contributed by atoms with Gasteiger partial charge in [0.1, 0.15) is 6.26 Å². The minimum Gasteiger partial charge on any atom is -0.364 e. The minimum atomic E-state index is -0.259. The van der Waals surface area contributed by atoms with Crippen LogP contribution in [-0.4, -0.2) is 20.8 Å². The lowest BCUT2D eigenvalue weighted by atomic mass is 10.0. The number of halogens is 1. The molecule has 1 saturated carbocycles. The lowest BCUT2D eigenvalue weighted by Crippen LogP contribution is -2.22. The zero-order valence-corrected chi connectivity index (χ0v) is 15.9. The van der Waals surface area contributed by atoms with Gasteiger partial charge in [0, 0.05) is 24.7 Å². The largest absolute Gasteiger partial charge is 0.364 e. The van der Waals surface area contributed by atoms with Gasteiger partial charge in [0.2, 0.25) is 0 Å². The maximum atomic E-state index is 11.9. The normalized spacial score (nSPS) is 13.9. The topological polar surface area (TPSA) is 75.8 Å². The Kier molecular flexibility index (Phi) is 4.20. The number of nitrogens with zero attached hydrogens (tertiary/aromatic N) is 2. The predicted molar refractivity (Wildman–Crippen MR) is 107 cm³/mol. The maximum Gasteiger partial charge on any atom is 0.273 e. The fraction of sp³-hybridized carbons (Fsp3) is 0.238. The highest BCUT2D eigenvalue weighted by atomic mass is 35.5. The Morgan fingerprint density at radius 3 is 2.75 bits per heavy atom. The van der Waals surface area contributed by atoms with Gasteiger partial charge in [-0.25, -0.2) is 0 Å². The molecule has 2 heterocycles. The van der Waals surface area contributed by atoms with Gasteiger partial charge in [0.05, 0.1) is 16.1 Å². The van der Waals surface area contributed by atoms with Crippen LogP contribution in [-0.2, 0) is 13.1 Å². The summed E-state index contributed by atoms with van der Waals surface area (Å²) in [5.74, 6) is 0.557. The molecule has 2 N–H and O–H groups in total. The second-order valence-corrected chi connectivity index (χ2v) is 7.63. The molecule has 1 aliphatic rings. The van der Waals surface area contributed by atoms with Gasteiger partial charge >= 0.3 is 0 Å². The summed E-state index contributed by atoms with van der Waals surface area (Å²) >= 11 is 6.64. The summed E-state index contributed by atoms with van der Waals surface area (Å²) in [5.41, 5.74) is 5.48. The van der Waals surface area contributed by atoms with Crippen LogP contribution in [0.5, 0.6) is 0 Å². The van der Waals surface area contributed by atoms with Crippen LogP contribution in [0.3, 0.4) is 0 Å². The Morgan fingerprint density at radius 1 is 1.21 bits per heavy atom. The first-order valence-electron chi connectivity index (χ1n) is 9.33. The number of rotatable bonds is 6. The molecule has 0 atom stereocenters. The molecule has 0 bridgehead atoms. The minimum absolute atomic E-state index is 0.259. The molecule has 4 aromatic rings. The molecule has 2 aromatic carbocycles. The van der Waals surface area contributed by atoms with Crippen molar-refractivity contribution >= 4 is 28.5 Å². The van der Waals surface area contributed by atoms with E-state index in [4.69, 9.17) is 11.6 Å². The quantitative estimate of drug-likeness (QED) is 0.501. The summed E-state index contributed by atoms with van der Waals surface area (Å²) in [6, 6.07) is 13.7. The maximum absolute atomic E-state index is 11.9. The summed E-state index contributed by atoms with van der Waals surface area (Å²) in [6.07, 6.45) is 4.03. The highest BCUT2D eigenvalue weighted by Gasteiger charge is 2.24. The van der Waals surface area contributed by atoms with E-state index in [9.17, 15) is 4.79 Å². The summed E-state index contributed by atoms with van der Waals surface area (Å²) in [5, 5.41) is 10.6. The van der Waals surface area contributed by atoms with Crippen molar-refractivity contribution in [2.24, 2.45) is 5.92 Å². The van der Waals surface area contributed by atoms with Crippen LogP contribution in [0.25, 0.3) is 22.2 Å². The van der Waals surface area contributed by atoms with Crippen molar-refractivity contribution in [1.29, 1.82) is 0 Å². The van der Waals surface area contributed by atoms with E-state index >= 15 is 0 Å². The summed E-state index contributed by atoms with van der Waals surface area (Å²) in [7, 11) is 0. The molecule has 2 aromatic heterocycles. The van der Waals surface area contributed by atoms with Crippen molar-refractivity contribution in [3.63, 3.8) is 0 Å². The number of hydrogen-bond acceptors (Lipinski definition) is 3. The predicted octanol–water partition coefficient (Wildman–Crippen LogP) is 4.62. The van der Waals surface area contributed by atoms with Crippen LogP contribution < -0.4 is 5.32 Å². The Labute approximate surface area is 166 Å². The summed E-state index contributed by atoms with van der Waals surface area (Å²) < 4.78 is 6.87. The Hall–Kier alpha value is -2.99. The highest BCUT2D eigenvalue weighted by molar-refractivity contribution is 6.37. The van der Waals surface area contributed by atoms with Gasteiger partial charge < -0.3 is 9.84 Å². The van der Waals surface area contributed by atoms with Gasteiger partial charge in [0.15, 0.2) is 5.69 Å². The molecule has 0 radical (unpaired) electrons. The third-order valence-electron chi connectivity index (χ3n) is 5.18. The van der Waals surface area contributed by atoms with E-state index in [1.165, 1.54) is 30.7 Å². The van der Waals surface area contributed by atoms with Crippen LogP contribution in [0, 0.1) is 5.92 Å². The highest BCUT2D eigenvalue weighted by Crippen LogP contribution is 2.37. The van der Waals surface area contributed by atoms with Crippen LogP contribution in [0.4, 0.5) is 0 Å². The van der Waals surface area contributed by atoms with Gasteiger partial charge in [-0.05, 0) is 36.0 Å². The van der Waals surface area contributed by atoms with Gasteiger partial charge in [-0.1, -0.05) is 47.1 Å². The van der Waals surface area contributed by atoms with E-state index < -0.39 is 0 Å². The van der Waals surface area contributed by atoms with Gasteiger partial charge in [-0.2, -0.15) is 0 Å². The molecule has 142 valence electrons. The number of carbonyl (C=O) groups excluding carboxylic acids is 1. The van der Waals surface area contributed by atoms with Crippen molar-refractivity contribution in [2.75, 3.05) is 0 Å². The lowest BCUT2D eigenvalue weighted by Gasteiger charge is -2.19. The Balaban J connectivity index is 1.30. The standard InChI is InChI=1S/C21H19ClN4O2/c22-19-16(7-8-18-20(19)24-26(18)12-14-1-2-14)15-5-3-13(4-6-15)11-23-21(27)17-9-10-28-25-17/h3-10,14,24H,1-2,11-12H2,(H,23,27). The molecule has 6 nitrogen and oxygen atoms in total. The smallest absolute Gasteiger partial charge is 0.273 e. The average Bonchev–Trinajstić information content (AvgIpc) is 3.35. The molecule has 0 aliphatic heterocycles. The molecule has 7 heteroatoms. The number of fused-ring (bicyclic) bond motifs is 1. The fourth-order valence-corrected chi connectivity index (χ4v) is 3.68. The number of H-pyrrole nitrogens is 1. The van der Waals surface area contributed by atoms with Crippen molar-refractivity contribution < 1.29 is 9.32 Å². The SMILES string of the molecule is O=C(NCc1ccc(-c2ccc3c([nH]n3CC3CC3)c2Cl)cc1)c1ccon1. The van der Waals surface area contributed by atoms with E-state index in [1.54, 1.807) is 0 Å². The molecule has 0 saturated heterocycles. The number of aromatic nitrogens is 3. The van der Waals surface area contributed by atoms with Crippen molar-refractivity contribution in [3.8, 4) is 11.1 Å². The van der Waals surface area contributed by atoms with Crippen LogP contribution in [0.15, 0.2) is 53.3 Å². The lowest BCUT2D eigenvalue weighted by molar-refractivity contribution is 0.0942. The van der Waals surface area contributed by atoms with Crippen LogP contribution in [0.2, 0.25) is 5.02 Å². The molecule has 5 rings (SSSR count). The molecule has 0 spiro atoms. The van der Waals surface area contributed by atoms with E-state index in [0.717, 1.165) is 39.7 Å². The molecule has 1 amide bonds. The van der Waals surface area contributed by atoms with Crippen molar-refractivity contribution in [1.82, 2.24) is 20.3 Å². The van der Waals surface area contributed by atoms with E-state index in [1.807, 2.05) is 24.3 Å². The third-order valence-corrected chi connectivity index (χ3v) is 5.58. The fourth-order valence-electron chi connectivity index (χ4n) is 3.37. The first-order valence-corrected chi connectivity index (χ1v) is 9.71. The number of benzene rings is 2. The first-order chi connectivity index (χ1) is 13.7. The zero-order chi connectivity index (χ0) is 19.1. The van der Waals surface area contributed by atoms with Gasteiger partial charge in [0.25, 0.3) is 5.91 Å². The first kappa shape index (κ1) is 17.1. The van der Waals surface area contributed by atoms with Crippen molar-refractivity contribution in [3.05, 3.63) is 65.0 Å². The van der Waals surface area contributed by atoms with Gasteiger partial charge in [-0.3, -0.25) is 14.6 Å². The Bertz CT molecular complexity index is 1120. The zero-order valence-electron chi connectivity index (χ0n) is 15.1. The molecular weight excluding hydrogens is 376 g/mol. The Morgan fingerprint density at radius 2 is 2.04 bits per heavy atom. The van der Waals surface area contributed by atoms with E-state index in [0.29, 0.717) is 6.54 Å². The van der Waals surface area contributed by atoms with Crippen LogP contribution >= 0.6 is 11.6 Å². The monoisotopic (exact) mass is 394 g/mol. The average molecular weight is 395 g/mol. The number of hydrogen-bond donors (Lipinski definition) is 2. The number of nitrogens with one attached hydrogen (secondary N) is 2. The molecular formula is C21H19ClN4O2. The molecule has 1 fully saturated rings.